The fraction of sp³-hybridized carbons (Fsp3) is 0.318. The fourth-order valence-electron chi connectivity index (χ4n) is 3.33. The second kappa shape index (κ2) is 9.41. The van der Waals surface area contributed by atoms with Gasteiger partial charge in [0.2, 0.25) is 5.91 Å². The molecule has 0 aliphatic heterocycles. The Labute approximate surface area is 168 Å². The Kier molecular flexibility index (Phi) is 6.69. The Morgan fingerprint density at radius 2 is 1.97 bits per heavy atom. The summed E-state index contributed by atoms with van der Waals surface area (Å²) in [6, 6.07) is 12.8. The summed E-state index contributed by atoms with van der Waals surface area (Å²) in [5.41, 5.74) is 3.07. The van der Waals surface area contributed by atoms with E-state index >= 15 is 0 Å². The van der Waals surface area contributed by atoms with E-state index in [-0.39, 0.29) is 17.4 Å². The first kappa shape index (κ1) is 20.6. The molecular formula is C22H24F2N2O3. The zero-order valence-corrected chi connectivity index (χ0v) is 16.5. The summed E-state index contributed by atoms with van der Waals surface area (Å²) in [7, 11) is 3.11. The number of hydrogen-bond donors (Lipinski definition) is 1. The number of nitrogens with one attached hydrogen (secondary N) is 1. The van der Waals surface area contributed by atoms with Crippen molar-refractivity contribution >= 4 is 16.8 Å². The standard InChI is InChI=1S/C22H24F2N2O3/c1-26(14-15-10-11-19(29-22(23)24)20(12-15)28-2)21(27)9-5-6-16-13-25-18-8-4-3-7-17(16)18/h3-4,7-8,10-13,22,25H,5-6,9,14H2,1-2H3. The number of methoxy groups -OCH3 is 1. The maximum Gasteiger partial charge on any atom is 0.387 e. The number of H-pyrrole nitrogens is 1. The summed E-state index contributed by atoms with van der Waals surface area (Å²) < 4.78 is 34.4. The predicted molar refractivity (Wildman–Crippen MR) is 107 cm³/mol. The van der Waals surface area contributed by atoms with Crippen molar-refractivity contribution in [3.05, 3.63) is 59.8 Å². The number of amides is 1. The van der Waals surface area contributed by atoms with E-state index in [0.717, 1.165) is 23.9 Å². The van der Waals surface area contributed by atoms with Gasteiger partial charge in [0.05, 0.1) is 7.11 Å². The Bertz CT molecular complexity index is 972. The molecule has 0 bridgehead atoms. The van der Waals surface area contributed by atoms with E-state index in [0.29, 0.717) is 13.0 Å². The van der Waals surface area contributed by atoms with Crippen LogP contribution in [0, 0.1) is 0 Å². The zero-order valence-electron chi connectivity index (χ0n) is 16.5. The van der Waals surface area contributed by atoms with Crippen molar-refractivity contribution in [2.24, 2.45) is 0 Å². The first-order chi connectivity index (χ1) is 14.0. The highest BCUT2D eigenvalue weighted by molar-refractivity contribution is 5.83. The number of ether oxygens (including phenoxy) is 2. The molecule has 5 nitrogen and oxygen atoms in total. The lowest BCUT2D eigenvalue weighted by Crippen LogP contribution is -2.26. The van der Waals surface area contributed by atoms with E-state index in [1.54, 1.807) is 24.1 Å². The minimum atomic E-state index is -2.92. The molecule has 154 valence electrons. The molecule has 0 aliphatic carbocycles. The molecule has 1 heterocycles. The lowest BCUT2D eigenvalue weighted by atomic mass is 10.1. The van der Waals surface area contributed by atoms with Gasteiger partial charge in [-0.2, -0.15) is 8.78 Å². The van der Waals surface area contributed by atoms with Gasteiger partial charge in [-0.25, -0.2) is 0 Å². The van der Waals surface area contributed by atoms with Crippen LogP contribution < -0.4 is 9.47 Å². The van der Waals surface area contributed by atoms with Crippen molar-refractivity contribution in [1.29, 1.82) is 0 Å². The summed E-state index contributed by atoms with van der Waals surface area (Å²) in [6.07, 6.45) is 3.99. The fourth-order valence-corrected chi connectivity index (χ4v) is 3.33. The number of aromatic nitrogens is 1. The summed E-state index contributed by atoms with van der Waals surface area (Å²) in [5.74, 6) is 0.207. The average Bonchev–Trinajstić information content (AvgIpc) is 3.12. The van der Waals surface area contributed by atoms with Crippen molar-refractivity contribution in [3.63, 3.8) is 0 Å². The van der Waals surface area contributed by atoms with Crippen LogP contribution in [0.2, 0.25) is 0 Å². The third-order valence-corrected chi connectivity index (χ3v) is 4.80. The van der Waals surface area contributed by atoms with Gasteiger partial charge in [-0.15, -0.1) is 0 Å². The van der Waals surface area contributed by atoms with Crippen LogP contribution in [0.15, 0.2) is 48.7 Å². The molecule has 1 aromatic heterocycles. The first-order valence-electron chi connectivity index (χ1n) is 9.38. The lowest BCUT2D eigenvalue weighted by molar-refractivity contribution is -0.130. The monoisotopic (exact) mass is 402 g/mol. The van der Waals surface area contributed by atoms with Crippen LogP contribution in [0.4, 0.5) is 8.78 Å². The molecule has 7 heteroatoms. The third kappa shape index (κ3) is 5.25. The number of alkyl halides is 2. The number of carbonyl (C=O) groups excluding carboxylic acids is 1. The van der Waals surface area contributed by atoms with Crippen molar-refractivity contribution < 1.29 is 23.0 Å². The van der Waals surface area contributed by atoms with E-state index < -0.39 is 6.61 Å². The van der Waals surface area contributed by atoms with E-state index in [1.165, 1.54) is 24.1 Å². The average molecular weight is 402 g/mol. The lowest BCUT2D eigenvalue weighted by Gasteiger charge is -2.18. The van der Waals surface area contributed by atoms with Crippen molar-refractivity contribution in [1.82, 2.24) is 9.88 Å². The number of aryl methyl sites for hydroxylation is 1. The number of nitrogens with zero attached hydrogens (tertiary/aromatic N) is 1. The first-order valence-corrected chi connectivity index (χ1v) is 9.38. The molecule has 1 amide bonds. The van der Waals surface area contributed by atoms with Gasteiger partial charge in [0.25, 0.3) is 0 Å². The minimum absolute atomic E-state index is 0.0247. The number of benzene rings is 2. The number of halogens is 2. The van der Waals surface area contributed by atoms with Crippen LogP contribution in [-0.4, -0.2) is 36.6 Å². The highest BCUT2D eigenvalue weighted by atomic mass is 19.3. The maximum absolute atomic E-state index is 12.5. The van der Waals surface area contributed by atoms with Gasteiger partial charge in [0, 0.05) is 37.1 Å². The number of para-hydroxylation sites is 1. The predicted octanol–water partition coefficient (Wildman–Crippen LogP) is 4.76. The van der Waals surface area contributed by atoms with Gasteiger partial charge >= 0.3 is 6.61 Å². The SMILES string of the molecule is COc1cc(CN(C)C(=O)CCCc2c[nH]c3ccccc23)ccc1OC(F)F. The largest absolute Gasteiger partial charge is 0.493 e. The Morgan fingerprint density at radius 3 is 2.72 bits per heavy atom. The van der Waals surface area contributed by atoms with Gasteiger partial charge in [0.1, 0.15) is 0 Å². The summed E-state index contributed by atoms with van der Waals surface area (Å²) in [4.78, 5) is 17.3. The zero-order chi connectivity index (χ0) is 20.8. The molecular weight excluding hydrogens is 378 g/mol. The highest BCUT2D eigenvalue weighted by Gasteiger charge is 2.14. The molecule has 0 radical (unpaired) electrons. The molecule has 0 saturated carbocycles. The third-order valence-electron chi connectivity index (χ3n) is 4.80. The van der Waals surface area contributed by atoms with E-state index in [2.05, 4.69) is 15.8 Å². The molecule has 2 aromatic carbocycles. The van der Waals surface area contributed by atoms with Crippen LogP contribution in [0.3, 0.4) is 0 Å². The molecule has 3 aromatic rings. The van der Waals surface area contributed by atoms with Crippen LogP contribution in [0.5, 0.6) is 11.5 Å². The number of rotatable bonds is 9. The van der Waals surface area contributed by atoms with E-state index in [1.807, 2.05) is 24.4 Å². The van der Waals surface area contributed by atoms with Gasteiger partial charge < -0.3 is 19.4 Å². The second-order valence-electron chi connectivity index (χ2n) is 6.83. The number of aromatic amines is 1. The summed E-state index contributed by atoms with van der Waals surface area (Å²) in [6.45, 7) is -2.56. The van der Waals surface area contributed by atoms with Gasteiger partial charge in [-0.3, -0.25) is 4.79 Å². The smallest absolute Gasteiger partial charge is 0.387 e. The topological polar surface area (TPSA) is 54.6 Å². The van der Waals surface area contributed by atoms with Gasteiger partial charge in [0.15, 0.2) is 11.5 Å². The maximum atomic E-state index is 12.5. The summed E-state index contributed by atoms with van der Waals surface area (Å²) in [5, 5.41) is 1.19. The van der Waals surface area contributed by atoms with Gasteiger partial charge in [-0.05, 0) is 42.2 Å². The molecule has 0 spiro atoms. The molecule has 0 atom stereocenters. The van der Waals surface area contributed by atoms with Crippen LogP contribution in [0.25, 0.3) is 10.9 Å². The molecule has 0 fully saturated rings. The van der Waals surface area contributed by atoms with Crippen molar-refractivity contribution in [2.75, 3.05) is 14.2 Å². The molecule has 0 aliphatic rings. The molecule has 3 rings (SSSR count). The Balaban J connectivity index is 1.53. The van der Waals surface area contributed by atoms with E-state index in [4.69, 9.17) is 4.74 Å². The van der Waals surface area contributed by atoms with Crippen LogP contribution >= 0.6 is 0 Å². The van der Waals surface area contributed by atoms with E-state index in [9.17, 15) is 13.6 Å². The number of carbonyl (C=O) groups is 1. The second-order valence-corrected chi connectivity index (χ2v) is 6.83. The highest BCUT2D eigenvalue weighted by Crippen LogP contribution is 2.30. The Hall–Kier alpha value is -3.09. The van der Waals surface area contributed by atoms with Crippen LogP contribution in [0.1, 0.15) is 24.0 Å². The molecule has 1 N–H and O–H groups in total. The van der Waals surface area contributed by atoms with Crippen molar-refractivity contribution in [3.8, 4) is 11.5 Å². The quantitative estimate of drug-likeness (QED) is 0.562. The normalized spacial score (nSPS) is 11.1. The van der Waals surface area contributed by atoms with Gasteiger partial charge in [-0.1, -0.05) is 24.3 Å². The molecule has 29 heavy (non-hydrogen) atoms. The number of hydrogen-bond acceptors (Lipinski definition) is 3. The molecule has 0 unspecified atom stereocenters. The molecule has 0 saturated heterocycles. The minimum Gasteiger partial charge on any atom is -0.493 e. The van der Waals surface area contributed by atoms with Crippen LogP contribution in [-0.2, 0) is 17.8 Å². The number of fused-ring (bicyclic) bond motifs is 1. The Morgan fingerprint density at radius 1 is 1.17 bits per heavy atom. The van der Waals surface area contributed by atoms with Crippen molar-refractivity contribution in [2.45, 2.75) is 32.4 Å². The summed E-state index contributed by atoms with van der Waals surface area (Å²) >= 11 is 0.